The number of carbonyl (C=O) groups is 1. The normalized spacial score (nSPS) is 9.96. The zero-order valence-corrected chi connectivity index (χ0v) is 12.5. The number of hydrogen-bond acceptors (Lipinski definition) is 4. The molecule has 0 unspecified atom stereocenters. The summed E-state index contributed by atoms with van der Waals surface area (Å²) in [5, 5.41) is 0.807. The van der Waals surface area contributed by atoms with Gasteiger partial charge in [0.05, 0.1) is 18.3 Å². The molecule has 0 aliphatic carbocycles. The molecule has 3 aromatic rings. The first-order chi connectivity index (χ1) is 11.2. The number of esters is 1. The Morgan fingerprint density at radius 1 is 1.09 bits per heavy atom. The number of anilines is 1. The van der Waals surface area contributed by atoms with Crippen LogP contribution in [0.25, 0.3) is 10.9 Å². The molecule has 2 N–H and O–H groups in total. The third kappa shape index (κ3) is 2.99. The summed E-state index contributed by atoms with van der Waals surface area (Å²) in [6, 6.07) is 16.7. The van der Waals surface area contributed by atoms with Crippen LogP contribution < -0.4 is 5.73 Å². The van der Waals surface area contributed by atoms with E-state index in [0.29, 0.717) is 16.8 Å². The summed E-state index contributed by atoms with van der Waals surface area (Å²) in [6.07, 6.45) is 0. The number of para-hydroxylation sites is 1. The summed E-state index contributed by atoms with van der Waals surface area (Å²) >= 11 is 0. The number of aromatic nitrogens is 1. The van der Waals surface area contributed by atoms with E-state index in [1.807, 2.05) is 42.5 Å². The average Bonchev–Trinajstić information content (AvgIpc) is 2.60. The van der Waals surface area contributed by atoms with Gasteiger partial charge >= 0.3 is 5.97 Å². The highest BCUT2D eigenvalue weighted by atomic mass is 16.5. The molecule has 23 heavy (non-hydrogen) atoms. The number of nitrogens with zero attached hydrogens (tertiary/aromatic N) is 1. The van der Waals surface area contributed by atoms with E-state index in [1.54, 1.807) is 12.1 Å². The smallest absolute Gasteiger partial charge is 0.356 e. The third-order valence-corrected chi connectivity index (χ3v) is 3.38. The van der Waals surface area contributed by atoms with Crippen molar-refractivity contribution in [2.24, 2.45) is 0 Å². The molecule has 2 aromatic carbocycles. The molecule has 1 heterocycles. The van der Waals surface area contributed by atoms with Gasteiger partial charge in [0, 0.05) is 16.5 Å². The van der Waals surface area contributed by atoms with Crippen LogP contribution in [0.3, 0.4) is 0 Å². The summed E-state index contributed by atoms with van der Waals surface area (Å²) < 4.78 is 4.75. The van der Waals surface area contributed by atoms with E-state index in [0.717, 1.165) is 10.9 Å². The molecule has 0 saturated carbocycles. The highest BCUT2D eigenvalue weighted by Gasteiger charge is 2.12. The van der Waals surface area contributed by atoms with Crippen LogP contribution in [0.5, 0.6) is 0 Å². The Bertz CT molecular complexity index is 938. The van der Waals surface area contributed by atoms with Crippen LogP contribution in [0.4, 0.5) is 5.69 Å². The average molecular weight is 302 g/mol. The summed E-state index contributed by atoms with van der Waals surface area (Å²) in [5.41, 5.74) is 8.79. The number of pyridine rings is 1. The topological polar surface area (TPSA) is 65.2 Å². The molecule has 112 valence electrons. The number of rotatable bonds is 1. The molecule has 0 spiro atoms. The predicted octanol–water partition coefficient (Wildman–Crippen LogP) is 3.00. The molecule has 0 radical (unpaired) electrons. The monoisotopic (exact) mass is 302 g/mol. The van der Waals surface area contributed by atoms with Crippen LogP contribution in [0.15, 0.2) is 54.6 Å². The molecule has 0 aliphatic rings. The van der Waals surface area contributed by atoms with E-state index in [-0.39, 0.29) is 5.69 Å². The van der Waals surface area contributed by atoms with Crippen molar-refractivity contribution in [2.45, 2.75) is 0 Å². The first kappa shape index (κ1) is 14.6. The summed E-state index contributed by atoms with van der Waals surface area (Å²) in [5.74, 6) is 5.67. The Balaban J connectivity index is 2.20. The molecule has 0 atom stereocenters. The molecule has 0 fully saturated rings. The zero-order chi connectivity index (χ0) is 16.2. The van der Waals surface area contributed by atoms with Gasteiger partial charge in [-0.25, -0.2) is 9.78 Å². The summed E-state index contributed by atoms with van der Waals surface area (Å²) in [7, 11) is 1.32. The van der Waals surface area contributed by atoms with Gasteiger partial charge < -0.3 is 10.5 Å². The molecule has 1 aromatic heterocycles. The molecule has 4 nitrogen and oxygen atoms in total. The van der Waals surface area contributed by atoms with E-state index >= 15 is 0 Å². The number of nitrogen functional groups attached to an aromatic ring is 1. The van der Waals surface area contributed by atoms with Crippen LogP contribution in [0.1, 0.15) is 21.6 Å². The molecule has 4 heteroatoms. The second-order valence-corrected chi connectivity index (χ2v) is 4.91. The van der Waals surface area contributed by atoms with Crippen molar-refractivity contribution in [2.75, 3.05) is 12.8 Å². The standard InChI is InChI=1S/C19H14N2O2/c1-23-19(22)17-12-14(11-10-13-6-3-2-4-7-13)15-8-5-9-16(20)18(15)21-17/h2-9,12H,20H2,1H3. The van der Waals surface area contributed by atoms with E-state index in [9.17, 15) is 4.79 Å². The van der Waals surface area contributed by atoms with Crippen LogP contribution in [0.2, 0.25) is 0 Å². The maximum absolute atomic E-state index is 11.8. The first-order valence-corrected chi connectivity index (χ1v) is 7.03. The van der Waals surface area contributed by atoms with Crippen LogP contribution in [0, 0.1) is 11.8 Å². The summed E-state index contributed by atoms with van der Waals surface area (Å²) in [6.45, 7) is 0. The second-order valence-electron chi connectivity index (χ2n) is 4.91. The fourth-order valence-electron chi connectivity index (χ4n) is 2.24. The number of hydrogen-bond donors (Lipinski definition) is 1. The van der Waals surface area contributed by atoms with Gasteiger partial charge in [-0.15, -0.1) is 0 Å². The number of nitrogens with two attached hydrogens (primary N) is 1. The number of ether oxygens (including phenoxy) is 1. The van der Waals surface area contributed by atoms with Gasteiger partial charge in [-0.2, -0.15) is 0 Å². The minimum atomic E-state index is -0.516. The molecule has 0 aliphatic heterocycles. The molecule has 3 rings (SSSR count). The number of methoxy groups -OCH3 is 1. The molecular weight excluding hydrogens is 288 g/mol. The number of benzene rings is 2. The zero-order valence-electron chi connectivity index (χ0n) is 12.5. The first-order valence-electron chi connectivity index (χ1n) is 7.03. The van der Waals surface area contributed by atoms with Gasteiger partial charge in [-0.3, -0.25) is 0 Å². The fraction of sp³-hybridized carbons (Fsp3) is 0.0526. The minimum absolute atomic E-state index is 0.190. The van der Waals surface area contributed by atoms with E-state index in [4.69, 9.17) is 10.5 Å². The number of fused-ring (bicyclic) bond motifs is 1. The third-order valence-electron chi connectivity index (χ3n) is 3.38. The minimum Gasteiger partial charge on any atom is -0.464 e. The Morgan fingerprint density at radius 3 is 2.61 bits per heavy atom. The van der Waals surface area contributed by atoms with Crippen molar-refractivity contribution >= 4 is 22.6 Å². The van der Waals surface area contributed by atoms with Crippen molar-refractivity contribution in [3.63, 3.8) is 0 Å². The van der Waals surface area contributed by atoms with Gasteiger partial charge in [0.25, 0.3) is 0 Å². The van der Waals surface area contributed by atoms with E-state index in [2.05, 4.69) is 16.8 Å². The van der Waals surface area contributed by atoms with Crippen LogP contribution >= 0.6 is 0 Å². The molecule has 0 amide bonds. The van der Waals surface area contributed by atoms with Crippen molar-refractivity contribution in [3.05, 3.63) is 71.4 Å². The maximum atomic E-state index is 11.8. The van der Waals surface area contributed by atoms with Crippen molar-refractivity contribution in [1.29, 1.82) is 0 Å². The fourth-order valence-corrected chi connectivity index (χ4v) is 2.24. The van der Waals surface area contributed by atoms with Crippen LogP contribution in [-0.2, 0) is 4.74 Å². The molecule has 0 bridgehead atoms. The largest absolute Gasteiger partial charge is 0.464 e. The SMILES string of the molecule is COC(=O)c1cc(C#Cc2ccccc2)c2cccc(N)c2n1. The number of carbonyl (C=O) groups excluding carboxylic acids is 1. The Labute approximate surface area is 133 Å². The lowest BCUT2D eigenvalue weighted by Gasteiger charge is -2.06. The lowest BCUT2D eigenvalue weighted by molar-refractivity contribution is 0.0594. The van der Waals surface area contributed by atoms with E-state index < -0.39 is 5.97 Å². The lowest BCUT2D eigenvalue weighted by atomic mass is 10.1. The Morgan fingerprint density at radius 2 is 1.87 bits per heavy atom. The Hall–Kier alpha value is -3.32. The van der Waals surface area contributed by atoms with Gasteiger partial charge in [-0.05, 0) is 24.3 Å². The maximum Gasteiger partial charge on any atom is 0.356 e. The van der Waals surface area contributed by atoms with Crippen molar-refractivity contribution in [1.82, 2.24) is 4.98 Å². The van der Waals surface area contributed by atoms with Gasteiger partial charge in [0.1, 0.15) is 5.69 Å². The van der Waals surface area contributed by atoms with E-state index in [1.165, 1.54) is 7.11 Å². The highest BCUT2D eigenvalue weighted by Crippen LogP contribution is 2.23. The van der Waals surface area contributed by atoms with Gasteiger partial charge in [-0.1, -0.05) is 42.2 Å². The van der Waals surface area contributed by atoms with Crippen LogP contribution in [-0.4, -0.2) is 18.1 Å². The van der Waals surface area contributed by atoms with Crippen molar-refractivity contribution < 1.29 is 9.53 Å². The predicted molar refractivity (Wildman–Crippen MR) is 89.9 cm³/mol. The lowest BCUT2D eigenvalue weighted by Crippen LogP contribution is -2.06. The van der Waals surface area contributed by atoms with Gasteiger partial charge in [0.2, 0.25) is 0 Å². The second kappa shape index (κ2) is 6.20. The molecule has 0 saturated heterocycles. The highest BCUT2D eigenvalue weighted by molar-refractivity contribution is 5.98. The quantitative estimate of drug-likeness (QED) is 0.426. The van der Waals surface area contributed by atoms with Gasteiger partial charge in [0.15, 0.2) is 0 Å². The summed E-state index contributed by atoms with van der Waals surface area (Å²) in [4.78, 5) is 16.1. The van der Waals surface area contributed by atoms with Crippen molar-refractivity contribution in [3.8, 4) is 11.8 Å². The Kier molecular flexibility index (Phi) is 3.94. The molecular formula is C19H14N2O2.